The van der Waals surface area contributed by atoms with Gasteiger partial charge < -0.3 is 10.6 Å². The van der Waals surface area contributed by atoms with E-state index in [2.05, 4.69) is 21.6 Å². The molecule has 1 rings (SSSR count). The van der Waals surface area contributed by atoms with Crippen LogP contribution in [0.4, 0.5) is 0 Å². The van der Waals surface area contributed by atoms with E-state index in [1.165, 1.54) is 0 Å². The first-order valence-corrected chi connectivity index (χ1v) is 6.64. The quantitative estimate of drug-likeness (QED) is 0.740. The van der Waals surface area contributed by atoms with Crippen molar-refractivity contribution in [3.05, 3.63) is 0 Å². The van der Waals surface area contributed by atoms with Crippen molar-refractivity contribution in [3.63, 3.8) is 0 Å². The number of nitriles is 1. The fraction of sp³-hybridized carbons (Fsp3) is 0.846. The zero-order valence-electron chi connectivity index (χ0n) is 11.6. The number of likely N-dealkylation sites (N-methyl/N-ethyl adjacent to an activating group) is 1. The van der Waals surface area contributed by atoms with Gasteiger partial charge in [-0.05, 0) is 27.2 Å². The summed E-state index contributed by atoms with van der Waals surface area (Å²) in [6.07, 6.45) is 0.791. The standard InChI is InChI=1S/C13H24N4O/c1-4-16-12(18)11-9-15-6-8-17(11)7-5-13(2,3)10-14/h11,15H,4-9H2,1-3H3,(H,16,18). The van der Waals surface area contributed by atoms with E-state index in [0.717, 1.165) is 26.1 Å². The van der Waals surface area contributed by atoms with E-state index in [1.807, 2.05) is 20.8 Å². The molecule has 1 atom stereocenters. The van der Waals surface area contributed by atoms with E-state index in [0.29, 0.717) is 13.1 Å². The van der Waals surface area contributed by atoms with Crippen molar-refractivity contribution in [1.82, 2.24) is 15.5 Å². The topological polar surface area (TPSA) is 68.2 Å². The first-order valence-electron chi connectivity index (χ1n) is 6.64. The van der Waals surface area contributed by atoms with E-state index in [-0.39, 0.29) is 17.4 Å². The monoisotopic (exact) mass is 252 g/mol. The van der Waals surface area contributed by atoms with Crippen LogP contribution in [0.1, 0.15) is 27.2 Å². The highest BCUT2D eigenvalue weighted by Crippen LogP contribution is 2.20. The summed E-state index contributed by atoms with van der Waals surface area (Å²) in [6, 6.07) is 2.20. The molecule has 0 radical (unpaired) electrons. The predicted octanol–water partition coefficient (Wildman–Crippen LogP) is 0.336. The molecule has 2 N–H and O–H groups in total. The average molecular weight is 252 g/mol. The second-order valence-electron chi connectivity index (χ2n) is 5.40. The maximum Gasteiger partial charge on any atom is 0.238 e. The summed E-state index contributed by atoms with van der Waals surface area (Å²) in [6.45, 7) is 9.73. The van der Waals surface area contributed by atoms with Gasteiger partial charge in [0.15, 0.2) is 0 Å². The molecule has 5 nitrogen and oxygen atoms in total. The fourth-order valence-corrected chi connectivity index (χ4v) is 2.04. The Kier molecular flexibility index (Phi) is 5.57. The molecule has 18 heavy (non-hydrogen) atoms. The minimum Gasteiger partial charge on any atom is -0.355 e. The molecule has 0 bridgehead atoms. The summed E-state index contributed by atoms with van der Waals surface area (Å²) in [5.41, 5.74) is -0.323. The van der Waals surface area contributed by atoms with Gasteiger partial charge in [0.2, 0.25) is 5.91 Å². The van der Waals surface area contributed by atoms with Gasteiger partial charge in [-0.25, -0.2) is 0 Å². The van der Waals surface area contributed by atoms with Crippen LogP contribution in [0.5, 0.6) is 0 Å². The molecule has 1 amide bonds. The molecular formula is C13H24N4O. The molecule has 1 saturated heterocycles. The second-order valence-corrected chi connectivity index (χ2v) is 5.40. The van der Waals surface area contributed by atoms with Gasteiger partial charge in [0, 0.05) is 32.7 Å². The summed E-state index contributed by atoms with van der Waals surface area (Å²) in [4.78, 5) is 14.1. The lowest BCUT2D eigenvalue weighted by molar-refractivity contribution is -0.127. The third kappa shape index (κ3) is 4.28. The van der Waals surface area contributed by atoms with Crippen LogP contribution in [0.25, 0.3) is 0 Å². The Morgan fingerprint density at radius 1 is 1.61 bits per heavy atom. The smallest absolute Gasteiger partial charge is 0.238 e. The Hall–Kier alpha value is -1.12. The van der Waals surface area contributed by atoms with Gasteiger partial charge in [-0.1, -0.05) is 0 Å². The van der Waals surface area contributed by atoms with Crippen molar-refractivity contribution in [1.29, 1.82) is 5.26 Å². The molecule has 0 saturated carbocycles. The summed E-state index contributed by atoms with van der Waals surface area (Å²) in [5, 5.41) is 15.1. The third-order valence-electron chi connectivity index (χ3n) is 3.33. The lowest BCUT2D eigenvalue weighted by Crippen LogP contribution is -2.58. The van der Waals surface area contributed by atoms with Gasteiger partial charge in [-0.2, -0.15) is 5.26 Å². The van der Waals surface area contributed by atoms with Crippen molar-refractivity contribution in [2.24, 2.45) is 5.41 Å². The SMILES string of the molecule is CCNC(=O)C1CNCCN1CCC(C)(C)C#N. The molecular weight excluding hydrogens is 228 g/mol. The first kappa shape index (κ1) is 14.9. The normalized spacial score (nSPS) is 21.3. The van der Waals surface area contributed by atoms with Crippen LogP contribution in [-0.4, -0.2) is 49.6 Å². The number of carbonyl (C=O) groups excluding carboxylic acids is 1. The lowest BCUT2D eigenvalue weighted by atomic mass is 9.91. The van der Waals surface area contributed by atoms with Gasteiger partial charge in [-0.15, -0.1) is 0 Å². The average Bonchev–Trinajstić information content (AvgIpc) is 2.37. The zero-order chi connectivity index (χ0) is 13.6. The Morgan fingerprint density at radius 2 is 2.33 bits per heavy atom. The fourth-order valence-electron chi connectivity index (χ4n) is 2.04. The molecule has 5 heteroatoms. The van der Waals surface area contributed by atoms with Crippen molar-refractivity contribution in [3.8, 4) is 6.07 Å². The molecule has 102 valence electrons. The number of nitrogens with zero attached hydrogens (tertiary/aromatic N) is 2. The number of piperazine rings is 1. The molecule has 1 fully saturated rings. The van der Waals surface area contributed by atoms with Crippen molar-refractivity contribution in [2.45, 2.75) is 33.2 Å². The maximum atomic E-state index is 11.9. The van der Waals surface area contributed by atoms with E-state index in [1.54, 1.807) is 0 Å². The van der Waals surface area contributed by atoms with Crippen LogP contribution in [0, 0.1) is 16.7 Å². The highest BCUT2D eigenvalue weighted by atomic mass is 16.2. The van der Waals surface area contributed by atoms with Gasteiger partial charge in [-0.3, -0.25) is 9.69 Å². The minimum atomic E-state index is -0.323. The Labute approximate surface area is 110 Å². The van der Waals surface area contributed by atoms with Gasteiger partial charge in [0.1, 0.15) is 6.04 Å². The van der Waals surface area contributed by atoms with Crippen LogP contribution in [0.3, 0.4) is 0 Å². The predicted molar refractivity (Wildman–Crippen MR) is 70.9 cm³/mol. The maximum absolute atomic E-state index is 11.9. The molecule has 1 heterocycles. The molecule has 0 aromatic carbocycles. The van der Waals surface area contributed by atoms with Crippen LogP contribution >= 0.6 is 0 Å². The second kappa shape index (κ2) is 6.72. The van der Waals surface area contributed by atoms with Crippen molar-refractivity contribution >= 4 is 5.91 Å². The minimum absolute atomic E-state index is 0.0828. The third-order valence-corrected chi connectivity index (χ3v) is 3.33. The molecule has 1 aliphatic heterocycles. The summed E-state index contributed by atoms with van der Waals surface area (Å²) in [5.74, 6) is 0.0828. The largest absolute Gasteiger partial charge is 0.355 e. The summed E-state index contributed by atoms with van der Waals surface area (Å²) in [7, 11) is 0. The Morgan fingerprint density at radius 3 is 2.94 bits per heavy atom. The molecule has 0 spiro atoms. The van der Waals surface area contributed by atoms with E-state index in [4.69, 9.17) is 5.26 Å². The van der Waals surface area contributed by atoms with E-state index < -0.39 is 0 Å². The first-order chi connectivity index (χ1) is 8.50. The van der Waals surface area contributed by atoms with Crippen LogP contribution in [-0.2, 0) is 4.79 Å². The number of rotatable bonds is 5. The number of hydrogen-bond donors (Lipinski definition) is 2. The van der Waals surface area contributed by atoms with Gasteiger partial charge >= 0.3 is 0 Å². The molecule has 1 aliphatic rings. The molecule has 0 aromatic rings. The Bertz CT molecular complexity index is 321. The van der Waals surface area contributed by atoms with Crippen molar-refractivity contribution < 1.29 is 4.79 Å². The van der Waals surface area contributed by atoms with Crippen LogP contribution in [0.2, 0.25) is 0 Å². The van der Waals surface area contributed by atoms with Crippen LogP contribution < -0.4 is 10.6 Å². The highest BCUT2D eigenvalue weighted by Gasteiger charge is 2.29. The number of carbonyl (C=O) groups is 1. The van der Waals surface area contributed by atoms with Gasteiger partial charge in [0.25, 0.3) is 0 Å². The molecule has 0 aliphatic carbocycles. The Balaban J connectivity index is 2.55. The molecule has 1 unspecified atom stereocenters. The number of nitrogens with one attached hydrogen (secondary N) is 2. The molecule has 0 aromatic heterocycles. The lowest BCUT2D eigenvalue weighted by Gasteiger charge is -2.36. The number of hydrogen-bond acceptors (Lipinski definition) is 4. The van der Waals surface area contributed by atoms with Crippen molar-refractivity contribution in [2.75, 3.05) is 32.7 Å². The van der Waals surface area contributed by atoms with Crippen LogP contribution in [0.15, 0.2) is 0 Å². The highest BCUT2D eigenvalue weighted by molar-refractivity contribution is 5.82. The van der Waals surface area contributed by atoms with E-state index >= 15 is 0 Å². The summed E-state index contributed by atoms with van der Waals surface area (Å²) < 4.78 is 0. The van der Waals surface area contributed by atoms with Gasteiger partial charge in [0.05, 0.1) is 11.5 Å². The zero-order valence-corrected chi connectivity index (χ0v) is 11.6. The summed E-state index contributed by atoms with van der Waals surface area (Å²) >= 11 is 0. The van der Waals surface area contributed by atoms with E-state index in [9.17, 15) is 4.79 Å². The number of amides is 1.